The first kappa shape index (κ1) is 21.7. The molecule has 4 aromatic carbocycles. The van der Waals surface area contributed by atoms with Gasteiger partial charge in [-0.25, -0.2) is 0 Å². The Hall–Kier alpha value is -3.52. The Balaban J connectivity index is 1.64. The van der Waals surface area contributed by atoms with E-state index in [4.69, 9.17) is 0 Å². The van der Waals surface area contributed by atoms with Crippen molar-refractivity contribution in [1.82, 2.24) is 0 Å². The van der Waals surface area contributed by atoms with Crippen LogP contribution in [-0.4, -0.2) is 0 Å². The Kier molecular flexibility index (Phi) is 6.05. The summed E-state index contributed by atoms with van der Waals surface area (Å²) in [4.78, 5) is 0. The van der Waals surface area contributed by atoms with Crippen molar-refractivity contribution in [3.8, 4) is 11.1 Å². The molecule has 0 aliphatic rings. The van der Waals surface area contributed by atoms with Crippen molar-refractivity contribution in [1.29, 1.82) is 0 Å². The number of benzene rings is 4. The molecule has 0 atom stereocenters. The van der Waals surface area contributed by atoms with Crippen LogP contribution < -0.4 is 10.6 Å². The molecule has 0 heterocycles. The van der Waals surface area contributed by atoms with Crippen LogP contribution in [0.2, 0.25) is 0 Å². The summed E-state index contributed by atoms with van der Waals surface area (Å²) in [5, 5.41) is 7.15. The van der Waals surface area contributed by atoms with Gasteiger partial charge in [0.1, 0.15) is 0 Å². The maximum atomic E-state index is 3.58. The molecule has 2 N–H and O–H groups in total. The normalized spacial score (nSPS) is 10.8. The zero-order chi connectivity index (χ0) is 22.8. The second-order valence-electron chi connectivity index (χ2n) is 8.95. The fourth-order valence-electron chi connectivity index (χ4n) is 4.07. The van der Waals surface area contributed by atoms with Gasteiger partial charge in [-0.15, -0.1) is 0 Å². The molecule has 32 heavy (non-hydrogen) atoms. The minimum absolute atomic E-state index is 1.12. The molecule has 0 aliphatic heterocycles. The van der Waals surface area contributed by atoms with Crippen molar-refractivity contribution in [2.45, 2.75) is 41.5 Å². The third-order valence-electron chi connectivity index (χ3n) is 6.09. The third kappa shape index (κ3) is 4.70. The van der Waals surface area contributed by atoms with E-state index in [1.807, 2.05) is 0 Å². The van der Waals surface area contributed by atoms with Crippen LogP contribution >= 0.6 is 0 Å². The van der Waals surface area contributed by atoms with E-state index >= 15 is 0 Å². The van der Waals surface area contributed by atoms with Crippen molar-refractivity contribution in [2.24, 2.45) is 0 Å². The van der Waals surface area contributed by atoms with E-state index in [1.54, 1.807) is 0 Å². The lowest BCUT2D eigenvalue weighted by Crippen LogP contribution is -1.98. The zero-order valence-electron chi connectivity index (χ0n) is 19.9. The van der Waals surface area contributed by atoms with Crippen molar-refractivity contribution in [3.63, 3.8) is 0 Å². The van der Waals surface area contributed by atoms with Crippen molar-refractivity contribution in [2.75, 3.05) is 10.6 Å². The summed E-state index contributed by atoms with van der Waals surface area (Å²) >= 11 is 0. The first-order chi connectivity index (χ1) is 15.3. The molecule has 0 saturated carbocycles. The summed E-state index contributed by atoms with van der Waals surface area (Å²) in [5.74, 6) is 0. The summed E-state index contributed by atoms with van der Waals surface area (Å²) < 4.78 is 0. The fourth-order valence-corrected chi connectivity index (χ4v) is 4.07. The van der Waals surface area contributed by atoms with Gasteiger partial charge in [0.2, 0.25) is 0 Å². The second kappa shape index (κ2) is 8.92. The fraction of sp³-hybridized carbons (Fsp3) is 0.200. The second-order valence-corrected chi connectivity index (χ2v) is 8.95. The first-order valence-corrected chi connectivity index (χ1v) is 11.2. The van der Waals surface area contributed by atoms with Gasteiger partial charge in [0.05, 0.1) is 0 Å². The van der Waals surface area contributed by atoms with Crippen molar-refractivity contribution in [3.05, 3.63) is 106 Å². The molecule has 0 saturated heterocycles. The van der Waals surface area contributed by atoms with Crippen LogP contribution in [0.1, 0.15) is 33.4 Å². The monoisotopic (exact) mass is 420 g/mol. The summed E-state index contributed by atoms with van der Waals surface area (Å²) in [6.07, 6.45) is 0. The lowest BCUT2D eigenvalue weighted by Gasteiger charge is -2.18. The maximum absolute atomic E-state index is 3.58. The number of nitrogens with one attached hydrogen (secondary N) is 2. The van der Waals surface area contributed by atoms with Crippen LogP contribution in [0, 0.1) is 41.5 Å². The Morgan fingerprint density at radius 2 is 0.750 bits per heavy atom. The van der Waals surface area contributed by atoms with Gasteiger partial charge in [-0.1, -0.05) is 35.4 Å². The van der Waals surface area contributed by atoms with Gasteiger partial charge >= 0.3 is 0 Å². The third-order valence-corrected chi connectivity index (χ3v) is 6.09. The molecule has 4 rings (SSSR count). The molecule has 0 aliphatic carbocycles. The van der Waals surface area contributed by atoms with Gasteiger partial charge in [-0.2, -0.15) is 0 Å². The lowest BCUT2D eigenvalue weighted by atomic mass is 9.92. The van der Waals surface area contributed by atoms with E-state index in [1.165, 1.54) is 44.5 Å². The molecule has 2 heteroatoms. The average molecular weight is 421 g/mol. The molecule has 2 nitrogen and oxygen atoms in total. The zero-order valence-corrected chi connectivity index (χ0v) is 19.9. The van der Waals surface area contributed by atoms with E-state index < -0.39 is 0 Å². The Bertz CT molecular complexity index is 1150. The highest BCUT2D eigenvalue weighted by atomic mass is 14.9. The predicted octanol–water partition coefficient (Wildman–Crippen LogP) is 8.69. The molecule has 0 amide bonds. The number of aryl methyl sites for hydroxylation is 6. The molecule has 0 spiro atoms. The topological polar surface area (TPSA) is 24.1 Å². The SMILES string of the molecule is Cc1ccc(Nc2cc(C)c(-c3cc(C)c(Nc4ccc(C)cc4)cc3C)cc2C)cc1. The van der Waals surface area contributed by atoms with Crippen LogP contribution in [0.3, 0.4) is 0 Å². The highest BCUT2D eigenvalue weighted by molar-refractivity contribution is 5.79. The molecule has 0 radical (unpaired) electrons. The Morgan fingerprint density at radius 1 is 0.406 bits per heavy atom. The van der Waals surface area contributed by atoms with Crippen LogP contribution in [0.5, 0.6) is 0 Å². The standard InChI is InChI=1S/C30H32N2/c1-19-7-11-25(12-8-19)31-29-17-21(3)27(15-23(29)5)28-16-24(6)30(18-22(28)4)32-26-13-9-20(2)10-14-26/h7-18,31-32H,1-6H3. The summed E-state index contributed by atoms with van der Waals surface area (Å²) in [6.45, 7) is 13.0. The lowest BCUT2D eigenvalue weighted by molar-refractivity contribution is 1.33. The van der Waals surface area contributed by atoms with E-state index in [0.717, 1.165) is 22.7 Å². The van der Waals surface area contributed by atoms with Crippen LogP contribution in [0.15, 0.2) is 72.8 Å². The van der Waals surface area contributed by atoms with Gasteiger partial charge in [0, 0.05) is 22.7 Å². The minimum Gasteiger partial charge on any atom is -0.355 e. The van der Waals surface area contributed by atoms with Gasteiger partial charge in [-0.05, 0) is 123 Å². The predicted molar refractivity (Wildman–Crippen MR) is 140 cm³/mol. The number of hydrogen-bond donors (Lipinski definition) is 2. The maximum Gasteiger partial charge on any atom is 0.0417 e. The molecule has 4 aromatic rings. The van der Waals surface area contributed by atoms with E-state index in [0.29, 0.717) is 0 Å². The molecule has 0 fully saturated rings. The smallest absolute Gasteiger partial charge is 0.0417 e. The van der Waals surface area contributed by atoms with Gasteiger partial charge in [0.15, 0.2) is 0 Å². The van der Waals surface area contributed by atoms with Crippen molar-refractivity contribution < 1.29 is 0 Å². The van der Waals surface area contributed by atoms with Crippen molar-refractivity contribution >= 4 is 22.7 Å². The molecule has 0 unspecified atom stereocenters. The first-order valence-electron chi connectivity index (χ1n) is 11.2. The van der Waals surface area contributed by atoms with Gasteiger partial charge < -0.3 is 10.6 Å². The summed E-state index contributed by atoms with van der Waals surface area (Å²) in [5.41, 5.74) is 14.7. The van der Waals surface area contributed by atoms with E-state index in [2.05, 4.69) is 125 Å². The van der Waals surface area contributed by atoms with Gasteiger partial charge in [0.25, 0.3) is 0 Å². The van der Waals surface area contributed by atoms with E-state index in [-0.39, 0.29) is 0 Å². The average Bonchev–Trinajstić information content (AvgIpc) is 2.76. The summed E-state index contributed by atoms with van der Waals surface area (Å²) in [7, 11) is 0. The van der Waals surface area contributed by atoms with Crippen LogP contribution in [-0.2, 0) is 0 Å². The Labute approximate surface area is 192 Å². The number of hydrogen-bond acceptors (Lipinski definition) is 2. The van der Waals surface area contributed by atoms with Gasteiger partial charge in [-0.3, -0.25) is 0 Å². The largest absolute Gasteiger partial charge is 0.355 e. The van der Waals surface area contributed by atoms with Crippen LogP contribution in [0.4, 0.5) is 22.7 Å². The highest BCUT2D eigenvalue weighted by Crippen LogP contribution is 2.35. The number of anilines is 4. The molecule has 0 bridgehead atoms. The van der Waals surface area contributed by atoms with Crippen LogP contribution in [0.25, 0.3) is 11.1 Å². The molecule has 0 aromatic heterocycles. The molecule has 162 valence electrons. The molecular formula is C30H32N2. The number of rotatable bonds is 5. The quantitative estimate of drug-likeness (QED) is 0.337. The molecular weight excluding hydrogens is 388 g/mol. The minimum atomic E-state index is 1.12. The Morgan fingerprint density at radius 3 is 1.09 bits per heavy atom. The highest BCUT2D eigenvalue weighted by Gasteiger charge is 2.12. The summed E-state index contributed by atoms with van der Waals surface area (Å²) in [6, 6.07) is 26.2. The van der Waals surface area contributed by atoms with E-state index in [9.17, 15) is 0 Å².